The highest BCUT2D eigenvalue weighted by atomic mass is 16.4. The summed E-state index contributed by atoms with van der Waals surface area (Å²) in [5.74, 6) is -3.10. The van der Waals surface area contributed by atoms with Gasteiger partial charge in [-0.15, -0.1) is 0 Å². The minimum absolute atomic E-state index is 0.00638. The maximum absolute atomic E-state index is 13.5. The molecule has 250 valence electrons. The number of unbranched alkanes of at least 4 members (excludes halogenated alkanes) is 2. The number of carbonyl (C=O) groups is 5. The first-order valence-electron chi connectivity index (χ1n) is 15.7. The van der Waals surface area contributed by atoms with Gasteiger partial charge >= 0.3 is 5.97 Å². The maximum atomic E-state index is 13.5. The largest absolute Gasteiger partial charge is 0.480 e. The molecule has 43 heavy (non-hydrogen) atoms. The second-order valence-corrected chi connectivity index (χ2v) is 12.6. The van der Waals surface area contributed by atoms with Crippen LogP contribution in [0.2, 0.25) is 0 Å². The van der Waals surface area contributed by atoms with E-state index in [-0.39, 0.29) is 37.0 Å². The van der Waals surface area contributed by atoms with Crippen molar-refractivity contribution in [2.45, 2.75) is 130 Å². The molecule has 0 aromatic rings. The van der Waals surface area contributed by atoms with Gasteiger partial charge in [-0.2, -0.15) is 0 Å². The first-order chi connectivity index (χ1) is 20.1. The lowest BCUT2D eigenvalue weighted by molar-refractivity contribution is -0.143. The molecule has 0 aromatic heterocycles. The highest BCUT2D eigenvalue weighted by molar-refractivity contribution is 5.95. The second kappa shape index (κ2) is 21.8. The predicted octanol–water partition coefficient (Wildman–Crippen LogP) is 0.734. The van der Waals surface area contributed by atoms with Crippen LogP contribution in [0, 0.1) is 17.8 Å². The van der Waals surface area contributed by atoms with Crippen LogP contribution in [-0.4, -0.2) is 78.0 Å². The van der Waals surface area contributed by atoms with Crippen molar-refractivity contribution in [3.63, 3.8) is 0 Å². The molecule has 0 heterocycles. The van der Waals surface area contributed by atoms with E-state index in [2.05, 4.69) is 21.3 Å². The molecule has 0 saturated heterocycles. The van der Waals surface area contributed by atoms with Crippen LogP contribution in [0.25, 0.3) is 0 Å². The van der Waals surface area contributed by atoms with Crippen molar-refractivity contribution in [1.82, 2.24) is 21.3 Å². The topological polar surface area (TPSA) is 232 Å². The molecule has 0 fully saturated rings. The number of rotatable bonds is 23. The standard InChI is InChI=1S/C30H59N7O6/c1-18(2)15-21(33)26(38)34-22(11-7-9-13-31)27(39)35-23(12-8-10-14-32)28(40)36-24(16-19(3)4)29(41)37-25(30(42)43)17-20(5)6/h18-25H,7-17,31-33H2,1-6H3,(H,34,38)(H,35,39)(H,36,40)(H,37,41)(H,42,43)/t21-,22-,23-,24-,25-/m0/s1. The van der Waals surface area contributed by atoms with E-state index < -0.39 is 59.8 Å². The maximum Gasteiger partial charge on any atom is 0.326 e. The van der Waals surface area contributed by atoms with E-state index in [1.165, 1.54) is 0 Å². The number of hydrogen-bond donors (Lipinski definition) is 8. The lowest BCUT2D eigenvalue weighted by atomic mass is 9.99. The quantitative estimate of drug-likeness (QED) is 0.0758. The molecule has 0 aliphatic carbocycles. The van der Waals surface area contributed by atoms with Gasteiger partial charge in [0.2, 0.25) is 23.6 Å². The minimum Gasteiger partial charge on any atom is -0.480 e. The van der Waals surface area contributed by atoms with E-state index in [4.69, 9.17) is 17.2 Å². The van der Waals surface area contributed by atoms with E-state index >= 15 is 0 Å². The zero-order valence-corrected chi connectivity index (χ0v) is 27.1. The summed E-state index contributed by atoms with van der Waals surface area (Å²) in [5, 5.41) is 20.4. The van der Waals surface area contributed by atoms with Gasteiger partial charge in [0.05, 0.1) is 6.04 Å². The Bertz CT molecular complexity index is 868. The zero-order valence-electron chi connectivity index (χ0n) is 27.1. The molecule has 0 aliphatic heterocycles. The number of carbonyl (C=O) groups excluding carboxylic acids is 4. The van der Waals surface area contributed by atoms with E-state index in [0.29, 0.717) is 51.6 Å². The van der Waals surface area contributed by atoms with Crippen LogP contribution in [0.5, 0.6) is 0 Å². The van der Waals surface area contributed by atoms with Gasteiger partial charge in [-0.05, 0) is 88.6 Å². The first-order valence-corrected chi connectivity index (χ1v) is 15.7. The van der Waals surface area contributed by atoms with Crippen molar-refractivity contribution in [3.8, 4) is 0 Å². The molecule has 0 saturated carbocycles. The molecule has 0 unspecified atom stereocenters. The molecule has 13 heteroatoms. The summed E-state index contributed by atoms with van der Waals surface area (Å²) < 4.78 is 0. The molecule has 0 bridgehead atoms. The number of carboxylic acids is 1. The first kappa shape index (κ1) is 40.2. The fourth-order valence-electron chi connectivity index (χ4n) is 4.63. The fraction of sp³-hybridized carbons (Fsp3) is 0.833. The van der Waals surface area contributed by atoms with E-state index in [1.54, 1.807) is 0 Å². The summed E-state index contributed by atoms with van der Waals surface area (Å²) in [7, 11) is 0. The Labute approximate surface area is 257 Å². The Morgan fingerprint density at radius 1 is 0.535 bits per heavy atom. The van der Waals surface area contributed by atoms with Crippen LogP contribution >= 0.6 is 0 Å². The van der Waals surface area contributed by atoms with Gasteiger partial charge in [0.25, 0.3) is 0 Å². The third-order valence-electron chi connectivity index (χ3n) is 6.88. The highest BCUT2D eigenvalue weighted by Gasteiger charge is 2.32. The molecule has 13 nitrogen and oxygen atoms in total. The van der Waals surface area contributed by atoms with Gasteiger partial charge in [-0.3, -0.25) is 19.2 Å². The Hall–Kier alpha value is -2.77. The minimum atomic E-state index is -1.15. The number of amides is 4. The van der Waals surface area contributed by atoms with Crippen molar-refractivity contribution in [3.05, 3.63) is 0 Å². The average molecular weight is 614 g/mol. The highest BCUT2D eigenvalue weighted by Crippen LogP contribution is 2.11. The van der Waals surface area contributed by atoms with E-state index in [1.807, 2.05) is 41.5 Å². The predicted molar refractivity (Wildman–Crippen MR) is 168 cm³/mol. The number of carboxylic acid groups (broad SMARTS) is 1. The van der Waals surface area contributed by atoms with E-state index in [9.17, 15) is 29.1 Å². The average Bonchev–Trinajstić information content (AvgIpc) is 2.90. The molecule has 0 rings (SSSR count). The van der Waals surface area contributed by atoms with Gasteiger partial charge in [-0.1, -0.05) is 41.5 Å². The Morgan fingerprint density at radius 2 is 0.884 bits per heavy atom. The third kappa shape index (κ3) is 17.8. The summed E-state index contributed by atoms with van der Waals surface area (Å²) in [6, 6.07) is -4.83. The van der Waals surface area contributed by atoms with Gasteiger partial charge in [-0.25, -0.2) is 4.79 Å². The molecular weight excluding hydrogens is 554 g/mol. The van der Waals surface area contributed by atoms with Crippen molar-refractivity contribution in [2.75, 3.05) is 13.1 Å². The number of nitrogens with one attached hydrogen (secondary N) is 4. The smallest absolute Gasteiger partial charge is 0.326 e. The van der Waals surface area contributed by atoms with Crippen molar-refractivity contribution < 1.29 is 29.1 Å². The third-order valence-corrected chi connectivity index (χ3v) is 6.88. The van der Waals surface area contributed by atoms with Gasteiger partial charge < -0.3 is 43.6 Å². The Balaban J connectivity index is 5.90. The van der Waals surface area contributed by atoms with E-state index in [0.717, 1.165) is 0 Å². The van der Waals surface area contributed by atoms with Crippen LogP contribution < -0.4 is 38.5 Å². The molecular formula is C30H59N7O6. The lowest BCUT2D eigenvalue weighted by Crippen LogP contribution is -2.58. The van der Waals surface area contributed by atoms with Crippen LogP contribution in [0.15, 0.2) is 0 Å². The number of aliphatic carboxylic acids is 1. The molecule has 4 amide bonds. The normalized spacial score (nSPS) is 15.0. The van der Waals surface area contributed by atoms with Crippen LogP contribution in [-0.2, 0) is 24.0 Å². The SMILES string of the molecule is CC(C)C[C@H](NC(=O)[C@H](CC(C)C)NC(=O)[C@H](CCCCN)NC(=O)[C@H](CCCCN)NC(=O)[C@@H](N)CC(C)C)C(=O)O. The van der Waals surface area contributed by atoms with Gasteiger partial charge in [0.15, 0.2) is 0 Å². The van der Waals surface area contributed by atoms with Crippen LogP contribution in [0.1, 0.15) is 99.3 Å². The number of hydrogen-bond acceptors (Lipinski definition) is 8. The summed E-state index contributed by atoms with van der Waals surface area (Å²) in [5.41, 5.74) is 17.3. The fourth-order valence-corrected chi connectivity index (χ4v) is 4.63. The molecule has 11 N–H and O–H groups in total. The lowest BCUT2D eigenvalue weighted by Gasteiger charge is -2.27. The molecule has 0 aliphatic rings. The summed E-state index contributed by atoms with van der Waals surface area (Å²) in [6.45, 7) is 12.2. The van der Waals surface area contributed by atoms with Crippen molar-refractivity contribution >= 4 is 29.6 Å². The molecule has 0 spiro atoms. The Kier molecular flexibility index (Phi) is 20.4. The molecule has 0 aromatic carbocycles. The number of nitrogens with two attached hydrogens (primary N) is 3. The summed E-state index contributed by atoms with van der Waals surface area (Å²) in [6.07, 6.45) is 3.90. The molecule has 0 radical (unpaired) electrons. The van der Waals surface area contributed by atoms with Gasteiger partial charge in [0.1, 0.15) is 24.2 Å². The second-order valence-electron chi connectivity index (χ2n) is 12.6. The monoisotopic (exact) mass is 613 g/mol. The summed E-state index contributed by atoms with van der Waals surface area (Å²) >= 11 is 0. The van der Waals surface area contributed by atoms with Crippen molar-refractivity contribution in [1.29, 1.82) is 0 Å². The summed E-state index contributed by atoms with van der Waals surface area (Å²) in [4.78, 5) is 64.6. The van der Waals surface area contributed by atoms with Crippen LogP contribution in [0.4, 0.5) is 0 Å². The van der Waals surface area contributed by atoms with Gasteiger partial charge in [0, 0.05) is 0 Å². The zero-order chi connectivity index (χ0) is 33.1. The Morgan fingerprint density at radius 3 is 1.28 bits per heavy atom. The van der Waals surface area contributed by atoms with Crippen LogP contribution in [0.3, 0.4) is 0 Å². The van der Waals surface area contributed by atoms with Crippen molar-refractivity contribution in [2.24, 2.45) is 35.0 Å². The molecule has 5 atom stereocenters.